The van der Waals surface area contributed by atoms with Crippen LogP contribution in [0.2, 0.25) is 0 Å². The van der Waals surface area contributed by atoms with E-state index in [4.69, 9.17) is 24.1 Å². The fourth-order valence-corrected chi connectivity index (χ4v) is 2.23. The number of ether oxygens (including phenoxy) is 4. The largest absolute Gasteiger partial charge is 0.479 e. The number of hydrogen-bond acceptors (Lipinski definition) is 6. The molecule has 2 N–H and O–H groups in total. The fourth-order valence-electron chi connectivity index (χ4n) is 2.23. The number of aliphatic carboxylic acids is 1. The summed E-state index contributed by atoms with van der Waals surface area (Å²) in [6.45, 7) is 3.38. The monoisotopic (exact) mass is 248 g/mol. The number of carbonyl (C=O) groups is 1. The highest BCUT2D eigenvalue weighted by Crippen LogP contribution is 2.39. The van der Waals surface area contributed by atoms with Crippen molar-refractivity contribution in [2.24, 2.45) is 0 Å². The zero-order valence-electron chi connectivity index (χ0n) is 9.82. The Morgan fingerprint density at radius 1 is 1.35 bits per heavy atom. The van der Waals surface area contributed by atoms with E-state index in [1.54, 1.807) is 13.8 Å². The van der Waals surface area contributed by atoms with Gasteiger partial charge in [-0.15, -0.1) is 0 Å². The zero-order valence-corrected chi connectivity index (χ0v) is 9.82. The molecule has 0 aliphatic carbocycles. The SMILES string of the molecule is CO[C@H](C(=O)O)[C@H]1OC(O)[C@H]2OC(C)(C)O[C@@H]12. The van der Waals surface area contributed by atoms with E-state index in [0.717, 1.165) is 0 Å². The van der Waals surface area contributed by atoms with Crippen LogP contribution in [0.1, 0.15) is 13.8 Å². The van der Waals surface area contributed by atoms with Crippen molar-refractivity contribution in [1.29, 1.82) is 0 Å². The van der Waals surface area contributed by atoms with Crippen LogP contribution in [0.3, 0.4) is 0 Å². The van der Waals surface area contributed by atoms with Gasteiger partial charge in [-0.2, -0.15) is 0 Å². The molecule has 0 amide bonds. The van der Waals surface area contributed by atoms with Gasteiger partial charge in [-0.3, -0.25) is 0 Å². The number of rotatable bonds is 3. The first-order valence-electron chi connectivity index (χ1n) is 5.30. The summed E-state index contributed by atoms with van der Waals surface area (Å²) in [6, 6.07) is 0. The van der Waals surface area contributed by atoms with Gasteiger partial charge < -0.3 is 29.2 Å². The molecule has 0 bridgehead atoms. The first-order valence-corrected chi connectivity index (χ1v) is 5.30. The highest BCUT2D eigenvalue weighted by atomic mass is 16.8. The van der Waals surface area contributed by atoms with Crippen LogP contribution in [-0.2, 0) is 23.7 Å². The minimum Gasteiger partial charge on any atom is -0.479 e. The van der Waals surface area contributed by atoms with Gasteiger partial charge in [0.15, 0.2) is 18.2 Å². The lowest BCUT2D eigenvalue weighted by molar-refractivity contribution is -0.233. The molecule has 2 aliphatic rings. The molecule has 1 unspecified atom stereocenters. The Labute approximate surface area is 98.2 Å². The molecule has 7 nitrogen and oxygen atoms in total. The second-order valence-electron chi connectivity index (χ2n) is 4.55. The number of fused-ring (bicyclic) bond motifs is 1. The molecule has 17 heavy (non-hydrogen) atoms. The first-order chi connectivity index (χ1) is 7.85. The summed E-state index contributed by atoms with van der Waals surface area (Å²) in [5.74, 6) is -2.03. The molecule has 98 valence electrons. The van der Waals surface area contributed by atoms with Gasteiger partial charge >= 0.3 is 5.97 Å². The van der Waals surface area contributed by atoms with Crippen LogP contribution in [0.15, 0.2) is 0 Å². The van der Waals surface area contributed by atoms with E-state index in [2.05, 4.69) is 0 Å². The molecular formula is C10H16O7. The molecule has 0 spiro atoms. The molecule has 0 aromatic heterocycles. The minimum atomic E-state index is -1.20. The Kier molecular flexibility index (Phi) is 3.13. The summed E-state index contributed by atoms with van der Waals surface area (Å²) >= 11 is 0. The Morgan fingerprint density at radius 3 is 2.47 bits per heavy atom. The van der Waals surface area contributed by atoms with Gasteiger partial charge in [0.05, 0.1) is 0 Å². The van der Waals surface area contributed by atoms with Crippen LogP contribution in [0.4, 0.5) is 0 Å². The van der Waals surface area contributed by atoms with Gasteiger partial charge in [-0.1, -0.05) is 0 Å². The molecule has 0 aromatic rings. The smallest absolute Gasteiger partial charge is 0.335 e. The minimum absolute atomic E-state index is 0.652. The lowest BCUT2D eigenvalue weighted by Gasteiger charge is -2.25. The Morgan fingerprint density at radius 2 is 1.94 bits per heavy atom. The van der Waals surface area contributed by atoms with Crippen molar-refractivity contribution in [2.45, 2.75) is 50.3 Å². The van der Waals surface area contributed by atoms with Crippen molar-refractivity contribution in [3.63, 3.8) is 0 Å². The number of aliphatic hydroxyl groups is 1. The second-order valence-corrected chi connectivity index (χ2v) is 4.55. The fraction of sp³-hybridized carbons (Fsp3) is 0.900. The van der Waals surface area contributed by atoms with Crippen LogP contribution in [-0.4, -0.2) is 59.8 Å². The molecule has 5 atom stereocenters. The third-order valence-corrected chi connectivity index (χ3v) is 2.86. The normalized spacial score (nSPS) is 41.2. The standard InChI is InChI=1S/C10H16O7/c1-10(2)16-5-4(6(14-3)8(11)12)15-9(13)7(5)17-10/h4-7,9,13H,1-3H3,(H,11,12)/t4-,5-,6-,7-,9?/m0/s1. The maximum atomic E-state index is 11.0. The van der Waals surface area contributed by atoms with Crippen molar-refractivity contribution in [3.05, 3.63) is 0 Å². The molecule has 7 heteroatoms. The van der Waals surface area contributed by atoms with Gasteiger partial charge in [0.1, 0.15) is 18.3 Å². The highest BCUT2D eigenvalue weighted by Gasteiger charge is 2.58. The maximum absolute atomic E-state index is 11.0. The van der Waals surface area contributed by atoms with Gasteiger partial charge in [0.25, 0.3) is 0 Å². The van der Waals surface area contributed by atoms with E-state index < -0.39 is 42.5 Å². The van der Waals surface area contributed by atoms with Gasteiger partial charge in [0, 0.05) is 7.11 Å². The third kappa shape index (κ3) is 2.16. The molecule has 0 saturated carbocycles. The summed E-state index contributed by atoms with van der Waals surface area (Å²) in [7, 11) is 1.27. The van der Waals surface area contributed by atoms with E-state index in [0.29, 0.717) is 0 Å². The van der Waals surface area contributed by atoms with Crippen molar-refractivity contribution in [1.82, 2.24) is 0 Å². The topological polar surface area (TPSA) is 94.5 Å². The molecular weight excluding hydrogens is 232 g/mol. The predicted molar refractivity (Wildman–Crippen MR) is 53.1 cm³/mol. The summed E-state index contributed by atoms with van der Waals surface area (Å²) in [5, 5.41) is 18.6. The van der Waals surface area contributed by atoms with E-state index in [1.807, 2.05) is 0 Å². The van der Waals surface area contributed by atoms with Crippen molar-refractivity contribution in [2.75, 3.05) is 7.11 Å². The Hall–Kier alpha value is -0.730. The van der Waals surface area contributed by atoms with Crippen molar-refractivity contribution < 1.29 is 34.0 Å². The summed E-state index contributed by atoms with van der Waals surface area (Å²) in [4.78, 5) is 11.0. The first kappa shape index (κ1) is 12.7. The Balaban J connectivity index is 2.18. The molecule has 2 rings (SSSR count). The van der Waals surface area contributed by atoms with E-state index in [1.165, 1.54) is 7.11 Å². The molecule has 2 saturated heterocycles. The summed E-state index contributed by atoms with van der Waals surface area (Å²) in [6.07, 6.45) is -4.63. The van der Waals surface area contributed by atoms with Crippen LogP contribution < -0.4 is 0 Å². The third-order valence-electron chi connectivity index (χ3n) is 2.86. The lowest BCUT2D eigenvalue weighted by atomic mass is 10.1. The van der Waals surface area contributed by atoms with Crippen LogP contribution in [0, 0.1) is 0 Å². The molecule has 0 aromatic carbocycles. The lowest BCUT2D eigenvalue weighted by Crippen LogP contribution is -2.44. The van der Waals surface area contributed by atoms with Crippen LogP contribution >= 0.6 is 0 Å². The van der Waals surface area contributed by atoms with E-state index in [-0.39, 0.29) is 0 Å². The highest BCUT2D eigenvalue weighted by molar-refractivity contribution is 5.73. The average Bonchev–Trinajstić information content (AvgIpc) is 2.65. The molecule has 0 radical (unpaired) electrons. The summed E-state index contributed by atoms with van der Waals surface area (Å²) < 4.78 is 21.0. The molecule has 2 fully saturated rings. The molecule has 2 aliphatic heterocycles. The maximum Gasteiger partial charge on any atom is 0.335 e. The van der Waals surface area contributed by atoms with Gasteiger partial charge in [-0.05, 0) is 13.8 Å². The van der Waals surface area contributed by atoms with Gasteiger partial charge in [-0.25, -0.2) is 4.79 Å². The van der Waals surface area contributed by atoms with Crippen LogP contribution in [0.5, 0.6) is 0 Å². The van der Waals surface area contributed by atoms with Crippen LogP contribution in [0.25, 0.3) is 0 Å². The van der Waals surface area contributed by atoms with E-state index >= 15 is 0 Å². The van der Waals surface area contributed by atoms with E-state index in [9.17, 15) is 9.90 Å². The number of methoxy groups -OCH3 is 1. The molecule has 2 heterocycles. The summed E-state index contributed by atoms with van der Waals surface area (Å²) in [5.41, 5.74) is 0. The van der Waals surface area contributed by atoms with Gasteiger partial charge in [0.2, 0.25) is 0 Å². The number of hydrogen-bond donors (Lipinski definition) is 2. The number of carboxylic acids is 1. The zero-order chi connectivity index (χ0) is 12.8. The quantitative estimate of drug-likeness (QED) is 0.683. The predicted octanol–water partition coefficient (Wildman–Crippen LogP) is -0.677. The number of aliphatic hydroxyl groups excluding tert-OH is 1. The Bertz CT molecular complexity index is 316. The van der Waals surface area contributed by atoms with Crippen molar-refractivity contribution >= 4 is 5.97 Å². The second kappa shape index (κ2) is 4.18. The average molecular weight is 248 g/mol. The van der Waals surface area contributed by atoms with Crippen molar-refractivity contribution in [3.8, 4) is 0 Å². The number of carboxylic acid groups (broad SMARTS) is 1.